The van der Waals surface area contributed by atoms with Crippen LogP contribution >= 0.6 is 0 Å². The third-order valence-corrected chi connectivity index (χ3v) is 6.80. The lowest BCUT2D eigenvalue weighted by Gasteiger charge is -2.46. The normalized spacial score (nSPS) is 25.0. The van der Waals surface area contributed by atoms with Crippen LogP contribution in [0.25, 0.3) is 10.9 Å². The number of aromatic amines is 1. The van der Waals surface area contributed by atoms with Gasteiger partial charge in [0, 0.05) is 42.1 Å². The number of hydrogen-bond acceptors (Lipinski definition) is 5. The first-order valence-corrected chi connectivity index (χ1v) is 10.2. The van der Waals surface area contributed by atoms with Crippen LogP contribution in [-0.2, 0) is 17.8 Å². The first kappa shape index (κ1) is 18.3. The minimum absolute atomic E-state index is 0.0903. The van der Waals surface area contributed by atoms with Gasteiger partial charge in [-0.25, -0.2) is 0 Å². The van der Waals surface area contributed by atoms with Gasteiger partial charge < -0.3 is 21.4 Å². The maximum atomic E-state index is 12.5. The van der Waals surface area contributed by atoms with Gasteiger partial charge in [-0.2, -0.15) is 10.2 Å². The van der Waals surface area contributed by atoms with Gasteiger partial charge in [0.15, 0.2) is 0 Å². The highest BCUT2D eigenvalue weighted by Gasteiger charge is 2.43. The molecular weight excluding hydrogens is 364 g/mol. The van der Waals surface area contributed by atoms with E-state index in [0.717, 1.165) is 19.4 Å². The third kappa shape index (κ3) is 2.92. The van der Waals surface area contributed by atoms with E-state index in [-0.39, 0.29) is 11.8 Å². The number of primary amides is 1. The first-order valence-electron chi connectivity index (χ1n) is 10.2. The van der Waals surface area contributed by atoms with Gasteiger partial charge >= 0.3 is 0 Å². The largest absolute Gasteiger partial charge is 0.369 e. The van der Waals surface area contributed by atoms with Crippen molar-refractivity contribution in [3.63, 3.8) is 0 Å². The molecule has 2 aromatic heterocycles. The van der Waals surface area contributed by atoms with Crippen molar-refractivity contribution < 1.29 is 4.79 Å². The zero-order chi connectivity index (χ0) is 20.1. The van der Waals surface area contributed by atoms with E-state index in [9.17, 15) is 4.79 Å². The number of aromatic nitrogens is 3. The van der Waals surface area contributed by atoms with Gasteiger partial charge in [0.2, 0.25) is 5.91 Å². The van der Waals surface area contributed by atoms with Crippen molar-refractivity contribution in [2.75, 3.05) is 13.6 Å². The SMILES string of the molecule is CN1C[C@H](C(C(N)=O)c2ccc(CN)nn2)C[C@@H]2c3cccc4[nH]cc(c34)C[C@H]21. The smallest absolute Gasteiger partial charge is 0.226 e. The number of fused-ring (bicyclic) bond motifs is 2. The summed E-state index contributed by atoms with van der Waals surface area (Å²) < 4.78 is 0. The molecule has 3 aromatic rings. The minimum Gasteiger partial charge on any atom is -0.369 e. The van der Waals surface area contributed by atoms with Crippen LogP contribution in [0.4, 0.5) is 0 Å². The molecule has 0 bridgehead atoms. The summed E-state index contributed by atoms with van der Waals surface area (Å²) in [6, 6.07) is 10.6. The van der Waals surface area contributed by atoms with E-state index in [1.807, 2.05) is 12.1 Å². The van der Waals surface area contributed by atoms with Crippen LogP contribution in [0.15, 0.2) is 36.5 Å². The maximum Gasteiger partial charge on any atom is 0.226 e. The summed E-state index contributed by atoms with van der Waals surface area (Å²) in [6.45, 7) is 1.14. The van der Waals surface area contributed by atoms with Crippen molar-refractivity contribution in [2.24, 2.45) is 17.4 Å². The fraction of sp³-hybridized carbons (Fsp3) is 0.409. The Morgan fingerprint density at radius 1 is 1.31 bits per heavy atom. The van der Waals surface area contributed by atoms with Gasteiger partial charge in [0.1, 0.15) is 0 Å². The Hall–Kier alpha value is -2.77. The van der Waals surface area contributed by atoms with Crippen LogP contribution in [0.2, 0.25) is 0 Å². The molecule has 5 rings (SSSR count). The van der Waals surface area contributed by atoms with Gasteiger partial charge in [0.25, 0.3) is 0 Å². The molecule has 0 radical (unpaired) electrons. The first-order chi connectivity index (χ1) is 14.1. The van der Waals surface area contributed by atoms with E-state index in [1.165, 1.54) is 22.0 Å². The second-order valence-electron chi connectivity index (χ2n) is 8.43. The summed E-state index contributed by atoms with van der Waals surface area (Å²) in [6.07, 6.45) is 4.08. The van der Waals surface area contributed by atoms with Crippen LogP contribution in [-0.4, -0.2) is 45.6 Å². The second-order valence-corrected chi connectivity index (χ2v) is 8.43. The summed E-state index contributed by atoms with van der Waals surface area (Å²) in [5, 5.41) is 9.79. The number of nitrogens with two attached hydrogens (primary N) is 2. The second kappa shape index (κ2) is 6.93. The molecule has 1 saturated heterocycles. The number of carbonyl (C=O) groups is 1. The molecule has 0 spiro atoms. The lowest BCUT2D eigenvalue weighted by atomic mass is 9.69. The van der Waals surface area contributed by atoms with E-state index in [4.69, 9.17) is 11.5 Å². The minimum atomic E-state index is -0.454. The fourth-order valence-corrected chi connectivity index (χ4v) is 5.49. The number of carbonyl (C=O) groups excluding carboxylic acids is 1. The Morgan fingerprint density at radius 2 is 2.17 bits per heavy atom. The van der Waals surface area contributed by atoms with Crippen molar-refractivity contribution in [3.05, 3.63) is 59.0 Å². The molecule has 4 atom stereocenters. The average Bonchev–Trinajstić information content (AvgIpc) is 3.14. The summed E-state index contributed by atoms with van der Waals surface area (Å²) >= 11 is 0. The van der Waals surface area contributed by atoms with Crippen LogP contribution in [0.5, 0.6) is 0 Å². The molecule has 1 aliphatic heterocycles. The molecule has 2 aliphatic rings. The number of rotatable bonds is 4. The van der Waals surface area contributed by atoms with Gasteiger partial charge in [-0.1, -0.05) is 12.1 Å². The van der Waals surface area contributed by atoms with E-state index in [0.29, 0.717) is 29.9 Å². The molecule has 7 heteroatoms. The molecule has 29 heavy (non-hydrogen) atoms. The zero-order valence-corrected chi connectivity index (χ0v) is 16.5. The zero-order valence-electron chi connectivity index (χ0n) is 16.5. The standard InChI is InChI=1S/C22H26N6O/c1-28-11-13(21(22(24)29)18-6-5-14(9-23)26-27-18)7-16-15-3-2-4-17-20(15)12(10-25-17)8-19(16)28/h2-6,10,13,16,19,21,25H,7-9,11,23H2,1H3,(H2,24,29)/t13-,16-,19-,21?/m1/s1. The molecule has 3 heterocycles. The van der Waals surface area contributed by atoms with Crippen molar-refractivity contribution >= 4 is 16.8 Å². The van der Waals surface area contributed by atoms with Gasteiger partial charge in [-0.3, -0.25) is 4.79 Å². The molecule has 150 valence electrons. The number of nitrogens with one attached hydrogen (secondary N) is 1. The summed E-state index contributed by atoms with van der Waals surface area (Å²) in [5.41, 5.74) is 16.8. The van der Waals surface area contributed by atoms with Crippen molar-refractivity contribution in [3.8, 4) is 0 Å². The molecule has 0 saturated carbocycles. The van der Waals surface area contributed by atoms with E-state index < -0.39 is 5.92 Å². The number of benzene rings is 1. The average molecular weight is 390 g/mol. The number of H-pyrrole nitrogens is 1. The molecule has 1 aromatic carbocycles. The molecule has 1 fully saturated rings. The lowest BCUT2D eigenvalue weighted by Crippen LogP contribution is -2.50. The molecule has 5 N–H and O–H groups in total. The number of hydrogen-bond donors (Lipinski definition) is 3. The number of amides is 1. The molecule has 1 amide bonds. The quantitative estimate of drug-likeness (QED) is 0.627. The number of piperidine rings is 1. The highest BCUT2D eigenvalue weighted by molar-refractivity contribution is 5.88. The van der Waals surface area contributed by atoms with Gasteiger partial charge in [0.05, 0.1) is 17.3 Å². The summed E-state index contributed by atoms with van der Waals surface area (Å²) in [4.78, 5) is 18.3. The predicted molar refractivity (Wildman–Crippen MR) is 111 cm³/mol. The molecule has 1 unspecified atom stereocenters. The highest BCUT2D eigenvalue weighted by Crippen LogP contribution is 2.46. The van der Waals surface area contributed by atoms with E-state index in [1.54, 1.807) is 0 Å². The van der Waals surface area contributed by atoms with Crippen molar-refractivity contribution in [2.45, 2.75) is 37.3 Å². The topological polar surface area (TPSA) is 114 Å². The number of likely N-dealkylation sites (tertiary alicyclic amines) is 1. The Labute approximate surface area is 169 Å². The Balaban J connectivity index is 1.52. The van der Waals surface area contributed by atoms with E-state index in [2.05, 4.69) is 51.5 Å². The van der Waals surface area contributed by atoms with Crippen LogP contribution < -0.4 is 11.5 Å². The molecular formula is C22H26N6O. The van der Waals surface area contributed by atoms with Crippen LogP contribution in [0, 0.1) is 5.92 Å². The van der Waals surface area contributed by atoms with Crippen LogP contribution in [0.3, 0.4) is 0 Å². The van der Waals surface area contributed by atoms with E-state index >= 15 is 0 Å². The maximum absolute atomic E-state index is 12.5. The van der Waals surface area contributed by atoms with Crippen molar-refractivity contribution in [1.29, 1.82) is 0 Å². The summed E-state index contributed by atoms with van der Waals surface area (Å²) in [5.74, 6) is -0.339. The predicted octanol–water partition coefficient (Wildman–Crippen LogP) is 1.65. The molecule has 7 nitrogen and oxygen atoms in total. The highest BCUT2D eigenvalue weighted by atomic mass is 16.1. The van der Waals surface area contributed by atoms with Crippen LogP contribution in [0.1, 0.15) is 40.8 Å². The number of likely N-dealkylation sites (N-methyl/N-ethyl adjacent to an activating group) is 1. The Bertz CT molecular complexity index is 1060. The number of nitrogens with zero attached hydrogens (tertiary/aromatic N) is 3. The van der Waals surface area contributed by atoms with Gasteiger partial charge in [-0.05, 0) is 55.1 Å². The fourth-order valence-electron chi connectivity index (χ4n) is 5.49. The lowest BCUT2D eigenvalue weighted by molar-refractivity contribution is -0.121. The molecule has 1 aliphatic carbocycles. The summed E-state index contributed by atoms with van der Waals surface area (Å²) in [7, 11) is 2.16. The third-order valence-electron chi connectivity index (χ3n) is 6.80. The van der Waals surface area contributed by atoms with Gasteiger partial charge in [-0.15, -0.1) is 0 Å². The Morgan fingerprint density at radius 3 is 2.90 bits per heavy atom. The Kier molecular flexibility index (Phi) is 4.37. The monoisotopic (exact) mass is 390 g/mol. The van der Waals surface area contributed by atoms with Crippen molar-refractivity contribution in [1.82, 2.24) is 20.1 Å².